The van der Waals surface area contributed by atoms with Crippen LogP contribution in [0.1, 0.15) is 44.9 Å². The summed E-state index contributed by atoms with van der Waals surface area (Å²) in [6.07, 6.45) is 2.18. The van der Waals surface area contributed by atoms with Gasteiger partial charge in [0.15, 0.2) is 0 Å². The maximum Gasteiger partial charge on any atom is 0.253 e. The Balaban J connectivity index is 1.24. The molecule has 5 rings (SSSR count). The number of carbonyl (C=O) groups is 2. The van der Waals surface area contributed by atoms with Gasteiger partial charge in [-0.05, 0) is 50.1 Å². The lowest BCUT2D eigenvalue weighted by molar-refractivity contribution is 0.0624. The number of imidazole rings is 1. The van der Waals surface area contributed by atoms with Gasteiger partial charge in [-0.1, -0.05) is 17.7 Å². The van der Waals surface area contributed by atoms with Crippen molar-refractivity contribution in [2.45, 2.75) is 26.3 Å². The molecule has 2 aliphatic heterocycles. The van der Waals surface area contributed by atoms with E-state index in [1.54, 1.807) is 0 Å². The molecule has 0 unspecified atom stereocenters. The SMILES string of the molecule is Cc1ccc(C(=O)N2CCN(Cc3nc4cc(C(=O)N5CCCC5)ccc4n3C)CC2)cc1. The van der Waals surface area contributed by atoms with Crippen LogP contribution < -0.4 is 0 Å². The van der Waals surface area contributed by atoms with Crippen molar-refractivity contribution < 1.29 is 9.59 Å². The molecule has 172 valence electrons. The van der Waals surface area contributed by atoms with E-state index in [1.807, 2.05) is 66.2 Å². The first-order chi connectivity index (χ1) is 16.0. The van der Waals surface area contributed by atoms with E-state index in [2.05, 4.69) is 9.47 Å². The van der Waals surface area contributed by atoms with Gasteiger partial charge in [-0.2, -0.15) is 0 Å². The topological polar surface area (TPSA) is 61.7 Å². The van der Waals surface area contributed by atoms with Gasteiger partial charge in [-0.25, -0.2) is 4.98 Å². The van der Waals surface area contributed by atoms with Gasteiger partial charge in [0.2, 0.25) is 0 Å². The van der Waals surface area contributed by atoms with Crippen molar-refractivity contribution in [3.8, 4) is 0 Å². The molecule has 2 saturated heterocycles. The van der Waals surface area contributed by atoms with Gasteiger partial charge in [-0.15, -0.1) is 0 Å². The summed E-state index contributed by atoms with van der Waals surface area (Å²) in [6.45, 7) is 7.52. The second-order valence-corrected chi connectivity index (χ2v) is 9.22. The minimum absolute atomic E-state index is 0.104. The molecular formula is C26H31N5O2. The predicted molar refractivity (Wildman–Crippen MR) is 128 cm³/mol. The van der Waals surface area contributed by atoms with Gasteiger partial charge in [0.1, 0.15) is 5.82 Å². The quantitative estimate of drug-likeness (QED) is 0.619. The largest absolute Gasteiger partial charge is 0.339 e. The Kier molecular flexibility index (Phi) is 5.89. The third-order valence-electron chi connectivity index (χ3n) is 6.94. The Morgan fingerprint density at radius 1 is 0.818 bits per heavy atom. The second-order valence-electron chi connectivity index (χ2n) is 9.22. The van der Waals surface area contributed by atoms with Crippen molar-refractivity contribution in [3.63, 3.8) is 0 Å². The van der Waals surface area contributed by atoms with E-state index in [9.17, 15) is 9.59 Å². The third kappa shape index (κ3) is 4.37. The number of amides is 2. The Bertz CT molecular complexity index is 1170. The molecule has 0 saturated carbocycles. The number of nitrogens with zero attached hydrogens (tertiary/aromatic N) is 5. The summed E-state index contributed by atoms with van der Waals surface area (Å²) in [4.78, 5) is 36.6. The number of carbonyl (C=O) groups excluding carboxylic acids is 2. The molecule has 3 heterocycles. The lowest BCUT2D eigenvalue weighted by atomic mass is 10.1. The fraction of sp³-hybridized carbons (Fsp3) is 0.423. The van der Waals surface area contributed by atoms with E-state index in [-0.39, 0.29) is 11.8 Å². The molecule has 0 atom stereocenters. The molecule has 2 fully saturated rings. The van der Waals surface area contributed by atoms with Crippen LogP contribution in [0, 0.1) is 6.92 Å². The zero-order valence-corrected chi connectivity index (χ0v) is 19.5. The highest BCUT2D eigenvalue weighted by Gasteiger charge is 2.24. The first kappa shape index (κ1) is 21.6. The lowest BCUT2D eigenvalue weighted by Crippen LogP contribution is -2.48. The summed E-state index contributed by atoms with van der Waals surface area (Å²) in [7, 11) is 2.03. The molecule has 2 aromatic carbocycles. The van der Waals surface area contributed by atoms with Gasteiger partial charge in [-0.3, -0.25) is 14.5 Å². The van der Waals surface area contributed by atoms with E-state index in [0.29, 0.717) is 13.1 Å². The second kappa shape index (κ2) is 8.98. The fourth-order valence-corrected chi connectivity index (χ4v) is 4.81. The number of fused-ring (bicyclic) bond motifs is 1. The molecule has 7 nitrogen and oxygen atoms in total. The number of benzene rings is 2. The highest BCUT2D eigenvalue weighted by Crippen LogP contribution is 2.21. The maximum absolute atomic E-state index is 12.8. The molecule has 3 aromatic rings. The monoisotopic (exact) mass is 445 g/mol. The van der Waals surface area contributed by atoms with Gasteiger partial charge >= 0.3 is 0 Å². The van der Waals surface area contributed by atoms with E-state index in [1.165, 1.54) is 0 Å². The van der Waals surface area contributed by atoms with E-state index in [0.717, 1.165) is 79.1 Å². The van der Waals surface area contributed by atoms with Crippen LogP contribution in [-0.2, 0) is 13.6 Å². The normalized spacial score (nSPS) is 17.2. The van der Waals surface area contributed by atoms with E-state index < -0.39 is 0 Å². The molecule has 7 heteroatoms. The average molecular weight is 446 g/mol. The highest BCUT2D eigenvalue weighted by atomic mass is 16.2. The van der Waals surface area contributed by atoms with Crippen LogP contribution in [0.15, 0.2) is 42.5 Å². The predicted octanol–water partition coefficient (Wildman–Crippen LogP) is 3.08. The number of likely N-dealkylation sites (tertiary alicyclic amines) is 1. The van der Waals surface area contributed by atoms with Crippen LogP contribution in [0.2, 0.25) is 0 Å². The molecule has 2 aliphatic rings. The molecule has 1 aromatic heterocycles. The fourth-order valence-electron chi connectivity index (χ4n) is 4.81. The van der Waals surface area contributed by atoms with Gasteiger partial charge in [0.05, 0.1) is 17.6 Å². The van der Waals surface area contributed by atoms with Crippen molar-refractivity contribution in [3.05, 3.63) is 65.0 Å². The molecule has 2 amide bonds. The number of hydrogen-bond acceptors (Lipinski definition) is 4. The van der Waals surface area contributed by atoms with Crippen molar-refractivity contribution >= 4 is 22.8 Å². The first-order valence-electron chi connectivity index (χ1n) is 11.8. The number of rotatable bonds is 4. The number of piperazine rings is 1. The highest BCUT2D eigenvalue weighted by molar-refractivity contribution is 5.97. The maximum atomic E-state index is 12.8. The number of hydrogen-bond donors (Lipinski definition) is 0. The summed E-state index contributed by atoms with van der Waals surface area (Å²) in [5.41, 5.74) is 4.54. The van der Waals surface area contributed by atoms with Gasteiger partial charge < -0.3 is 14.4 Å². The number of aryl methyl sites for hydroxylation is 2. The van der Waals surface area contributed by atoms with Crippen LogP contribution in [-0.4, -0.2) is 75.3 Å². The van der Waals surface area contributed by atoms with Crippen molar-refractivity contribution in [1.29, 1.82) is 0 Å². The molecule has 33 heavy (non-hydrogen) atoms. The Labute approximate surface area is 194 Å². The summed E-state index contributed by atoms with van der Waals surface area (Å²) in [5.74, 6) is 1.19. The summed E-state index contributed by atoms with van der Waals surface area (Å²) in [6, 6.07) is 13.6. The molecular weight excluding hydrogens is 414 g/mol. The van der Waals surface area contributed by atoms with Crippen molar-refractivity contribution in [2.75, 3.05) is 39.3 Å². The summed E-state index contributed by atoms with van der Waals surface area (Å²) in [5, 5.41) is 0. The summed E-state index contributed by atoms with van der Waals surface area (Å²) >= 11 is 0. The van der Waals surface area contributed by atoms with Crippen LogP contribution in [0.4, 0.5) is 0 Å². The van der Waals surface area contributed by atoms with Gasteiger partial charge in [0, 0.05) is 57.4 Å². The van der Waals surface area contributed by atoms with Crippen LogP contribution in [0.3, 0.4) is 0 Å². The lowest BCUT2D eigenvalue weighted by Gasteiger charge is -2.34. The molecule has 0 N–H and O–H groups in total. The Hall–Kier alpha value is -3.19. The third-order valence-corrected chi connectivity index (χ3v) is 6.94. The molecule has 0 radical (unpaired) electrons. The Morgan fingerprint density at radius 3 is 2.12 bits per heavy atom. The van der Waals surface area contributed by atoms with Crippen molar-refractivity contribution in [2.24, 2.45) is 7.05 Å². The van der Waals surface area contributed by atoms with E-state index in [4.69, 9.17) is 4.98 Å². The van der Waals surface area contributed by atoms with Crippen LogP contribution >= 0.6 is 0 Å². The molecule has 0 spiro atoms. The van der Waals surface area contributed by atoms with E-state index >= 15 is 0 Å². The molecule has 0 aliphatic carbocycles. The van der Waals surface area contributed by atoms with Gasteiger partial charge in [0.25, 0.3) is 11.8 Å². The molecule has 0 bridgehead atoms. The minimum atomic E-state index is 0.104. The zero-order valence-electron chi connectivity index (χ0n) is 19.5. The standard InChI is InChI=1S/C26H31N5O2/c1-19-5-7-20(8-6-19)25(32)31-15-13-29(14-16-31)18-24-27-22-17-21(9-10-23(22)28(24)2)26(33)30-11-3-4-12-30/h5-10,17H,3-4,11-16,18H2,1-2H3. The first-order valence-corrected chi connectivity index (χ1v) is 11.8. The summed E-state index contributed by atoms with van der Waals surface area (Å²) < 4.78 is 2.11. The van der Waals surface area contributed by atoms with Crippen LogP contribution in [0.25, 0.3) is 11.0 Å². The van der Waals surface area contributed by atoms with Crippen LogP contribution in [0.5, 0.6) is 0 Å². The minimum Gasteiger partial charge on any atom is -0.339 e. The smallest absolute Gasteiger partial charge is 0.253 e. The van der Waals surface area contributed by atoms with Crippen molar-refractivity contribution in [1.82, 2.24) is 24.3 Å². The zero-order chi connectivity index (χ0) is 22.9. The number of aromatic nitrogens is 2. The Morgan fingerprint density at radius 2 is 1.42 bits per heavy atom. The average Bonchev–Trinajstić information content (AvgIpc) is 3.48.